The maximum Gasteiger partial charge on any atom is 0.240 e. The number of anilines is 1. The van der Waals surface area contributed by atoms with Gasteiger partial charge in [-0.3, -0.25) is 9.48 Å². The lowest BCUT2D eigenvalue weighted by atomic mass is 10.2. The molecule has 0 saturated heterocycles. The van der Waals surface area contributed by atoms with Crippen molar-refractivity contribution < 1.29 is 13.2 Å². The molecular formula is C20H26N4O3S. The molecule has 1 aliphatic carbocycles. The van der Waals surface area contributed by atoms with E-state index in [1.807, 2.05) is 30.4 Å². The highest BCUT2D eigenvalue weighted by Crippen LogP contribution is 2.37. The molecule has 4 rings (SSSR count). The Hall–Kier alpha value is -2.19. The lowest BCUT2D eigenvalue weighted by Gasteiger charge is -2.17. The summed E-state index contributed by atoms with van der Waals surface area (Å²) < 4.78 is 29.9. The molecule has 7 nitrogen and oxygen atoms in total. The maximum absolute atomic E-state index is 12.7. The number of benzene rings is 1. The second-order valence-corrected chi connectivity index (χ2v) is 9.49. The third-order valence-corrected chi connectivity index (χ3v) is 7.27. The summed E-state index contributed by atoms with van der Waals surface area (Å²) in [7, 11) is -3.60. The Kier molecular flexibility index (Phi) is 4.79. The van der Waals surface area contributed by atoms with Gasteiger partial charge >= 0.3 is 0 Å². The molecule has 1 N–H and O–H groups in total. The van der Waals surface area contributed by atoms with Crippen molar-refractivity contribution in [3.8, 4) is 0 Å². The highest BCUT2D eigenvalue weighted by molar-refractivity contribution is 7.89. The van der Waals surface area contributed by atoms with Crippen LogP contribution in [-0.4, -0.2) is 37.2 Å². The average Bonchev–Trinajstić information content (AvgIpc) is 3.39. The van der Waals surface area contributed by atoms with Gasteiger partial charge in [0.1, 0.15) is 0 Å². The molecule has 28 heavy (non-hydrogen) atoms. The zero-order chi connectivity index (χ0) is 20.1. The van der Waals surface area contributed by atoms with Crippen LogP contribution in [0.25, 0.3) is 0 Å². The first-order valence-corrected chi connectivity index (χ1v) is 11.2. The van der Waals surface area contributed by atoms with Crippen LogP contribution in [0.5, 0.6) is 0 Å². The van der Waals surface area contributed by atoms with E-state index in [1.165, 1.54) is 0 Å². The fourth-order valence-corrected chi connectivity index (χ4v) is 4.77. The quantitative estimate of drug-likeness (QED) is 0.802. The Bertz CT molecular complexity index is 1040. The van der Waals surface area contributed by atoms with Crippen molar-refractivity contribution in [2.45, 2.75) is 51.5 Å². The van der Waals surface area contributed by atoms with E-state index >= 15 is 0 Å². The number of carbonyl (C=O) groups is 1. The highest BCUT2D eigenvalue weighted by Gasteiger charge is 2.36. The second-order valence-electron chi connectivity index (χ2n) is 7.72. The topological polar surface area (TPSA) is 84.3 Å². The van der Waals surface area contributed by atoms with Crippen LogP contribution in [0.1, 0.15) is 35.4 Å². The van der Waals surface area contributed by atoms with Crippen LogP contribution < -0.4 is 9.62 Å². The summed E-state index contributed by atoms with van der Waals surface area (Å²) in [4.78, 5) is 14.4. The Balaban J connectivity index is 1.44. The molecule has 0 spiro atoms. The molecule has 1 amide bonds. The lowest BCUT2D eigenvalue weighted by molar-refractivity contribution is -0.119. The van der Waals surface area contributed by atoms with Crippen molar-refractivity contribution in [1.82, 2.24) is 14.5 Å². The van der Waals surface area contributed by atoms with Gasteiger partial charge in [0.15, 0.2) is 0 Å². The number of hydrogen-bond acceptors (Lipinski definition) is 4. The molecule has 1 aromatic heterocycles. The van der Waals surface area contributed by atoms with Gasteiger partial charge in [0.2, 0.25) is 15.9 Å². The minimum atomic E-state index is -3.60. The van der Waals surface area contributed by atoms with Gasteiger partial charge < -0.3 is 4.90 Å². The largest absolute Gasteiger partial charge is 0.312 e. The van der Waals surface area contributed by atoms with Gasteiger partial charge in [-0.05, 0) is 69.4 Å². The fourth-order valence-electron chi connectivity index (χ4n) is 3.70. The summed E-state index contributed by atoms with van der Waals surface area (Å²) in [6, 6.07) is 5.06. The van der Waals surface area contributed by atoms with E-state index < -0.39 is 10.0 Å². The first kappa shape index (κ1) is 19.1. The third kappa shape index (κ3) is 3.46. The van der Waals surface area contributed by atoms with Gasteiger partial charge in [-0.2, -0.15) is 5.10 Å². The number of fused-ring (bicyclic) bond motifs is 1. The number of rotatable bonds is 6. The SMILES string of the molecule is Cc1nn(CCNS(=O)(=O)c2ccc3c(c2)CCN3C(=O)C2CC2)c(C)c1C. The first-order chi connectivity index (χ1) is 13.3. The van der Waals surface area contributed by atoms with Gasteiger partial charge in [0.05, 0.1) is 17.1 Å². The van der Waals surface area contributed by atoms with Crippen molar-refractivity contribution in [3.63, 3.8) is 0 Å². The summed E-state index contributed by atoms with van der Waals surface area (Å²) in [5.74, 6) is 0.335. The number of aryl methyl sites for hydroxylation is 1. The Morgan fingerprint density at radius 2 is 2.00 bits per heavy atom. The van der Waals surface area contributed by atoms with E-state index in [9.17, 15) is 13.2 Å². The van der Waals surface area contributed by atoms with Crippen LogP contribution in [0, 0.1) is 26.7 Å². The Morgan fingerprint density at radius 3 is 2.64 bits per heavy atom. The molecule has 1 aliphatic heterocycles. The van der Waals surface area contributed by atoms with Crippen molar-refractivity contribution in [2.75, 3.05) is 18.0 Å². The van der Waals surface area contributed by atoms with Gasteiger partial charge in [0, 0.05) is 30.4 Å². The number of amides is 1. The van der Waals surface area contributed by atoms with Gasteiger partial charge in [-0.15, -0.1) is 0 Å². The van der Waals surface area contributed by atoms with Crippen molar-refractivity contribution in [3.05, 3.63) is 40.7 Å². The highest BCUT2D eigenvalue weighted by atomic mass is 32.2. The minimum Gasteiger partial charge on any atom is -0.312 e. The average molecular weight is 403 g/mol. The van der Waals surface area contributed by atoms with Gasteiger partial charge in [-0.1, -0.05) is 0 Å². The summed E-state index contributed by atoms with van der Waals surface area (Å²) >= 11 is 0. The Morgan fingerprint density at radius 1 is 1.25 bits per heavy atom. The predicted molar refractivity (Wildman–Crippen MR) is 107 cm³/mol. The molecule has 0 radical (unpaired) electrons. The molecule has 0 bridgehead atoms. The van der Waals surface area contributed by atoms with Crippen LogP contribution >= 0.6 is 0 Å². The summed E-state index contributed by atoms with van der Waals surface area (Å²) in [5.41, 5.74) is 4.92. The van der Waals surface area contributed by atoms with E-state index in [2.05, 4.69) is 9.82 Å². The van der Waals surface area contributed by atoms with Crippen LogP contribution in [0.4, 0.5) is 5.69 Å². The predicted octanol–water partition coefficient (Wildman–Crippen LogP) is 2.09. The molecule has 1 fully saturated rings. The van der Waals surface area contributed by atoms with Crippen LogP contribution in [0.3, 0.4) is 0 Å². The molecule has 8 heteroatoms. The summed E-state index contributed by atoms with van der Waals surface area (Å²) in [6.07, 6.45) is 2.63. The molecular weight excluding hydrogens is 376 g/mol. The molecule has 0 unspecified atom stereocenters. The molecule has 1 aromatic carbocycles. The third-order valence-electron chi connectivity index (χ3n) is 5.81. The first-order valence-electron chi connectivity index (χ1n) is 9.72. The lowest BCUT2D eigenvalue weighted by Crippen LogP contribution is -2.30. The van der Waals surface area contributed by atoms with Crippen molar-refractivity contribution in [1.29, 1.82) is 0 Å². The Labute approximate surface area is 165 Å². The molecule has 2 aromatic rings. The zero-order valence-electron chi connectivity index (χ0n) is 16.5. The van der Waals surface area contributed by atoms with E-state index in [1.54, 1.807) is 18.2 Å². The van der Waals surface area contributed by atoms with Crippen LogP contribution in [-0.2, 0) is 27.8 Å². The van der Waals surface area contributed by atoms with Crippen molar-refractivity contribution >= 4 is 21.6 Å². The number of nitrogens with zero attached hydrogens (tertiary/aromatic N) is 3. The number of aromatic nitrogens is 2. The smallest absolute Gasteiger partial charge is 0.240 e. The monoisotopic (exact) mass is 402 g/mol. The van der Waals surface area contributed by atoms with Crippen molar-refractivity contribution in [2.24, 2.45) is 5.92 Å². The standard InChI is InChI=1S/C20H26N4O3S/c1-13-14(2)22-24(15(13)3)11-9-21-28(26,27)18-6-7-19-17(12-18)8-10-23(19)20(25)16-4-5-16/h6-7,12,16,21H,4-5,8-11H2,1-3H3. The van der Waals surface area contributed by atoms with E-state index in [0.29, 0.717) is 19.5 Å². The van der Waals surface area contributed by atoms with Gasteiger partial charge in [0.25, 0.3) is 0 Å². The summed E-state index contributed by atoms with van der Waals surface area (Å²) in [6.45, 7) is 7.34. The molecule has 2 heterocycles. The number of carbonyl (C=O) groups excluding carboxylic acids is 1. The van der Waals surface area contributed by atoms with E-state index in [4.69, 9.17) is 0 Å². The zero-order valence-corrected chi connectivity index (χ0v) is 17.3. The maximum atomic E-state index is 12.7. The number of hydrogen-bond donors (Lipinski definition) is 1. The molecule has 150 valence electrons. The summed E-state index contributed by atoms with van der Waals surface area (Å²) in [5, 5.41) is 4.44. The van der Waals surface area contributed by atoms with Gasteiger partial charge in [-0.25, -0.2) is 13.1 Å². The van der Waals surface area contributed by atoms with E-state index in [0.717, 1.165) is 41.0 Å². The van der Waals surface area contributed by atoms with Crippen LogP contribution in [0.15, 0.2) is 23.1 Å². The minimum absolute atomic E-state index is 0.161. The number of sulfonamides is 1. The van der Waals surface area contributed by atoms with E-state index in [-0.39, 0.29) is 23.3 Å². The van der Waals surface area contributed by atoms with Crippen LogP contribution in [0.2, 0.25) is 0 Å². The molecule has 1 saturated carbocycles. The number of nitrogens with one attached hydrogen (secondary N) is 1. The normalized spacial score (nSPS) is 16.5. The molecule has 2 aliphatic rings. The fraction of sp³-hybridized carbons (Fsp3) is 0.500. The second kappa shape index (κ2) is 7.00. The molecule has 0 atom stereocenters.